The van der Waals surface area contributed by atoms with Crippen molar-refractivity contribution in [2.24, 2.45) is 5.41 Å². The Morgan fingerprint density at radius 1 is 1.02 bits per heavy atom. The van der Waals surface area contributed by atoms with Crippen LogP contribution in [0.15, 0.2) is 65.4 Å². The van der Waals surface area contributed by atoms with Crippen LogP contribution in [0.4, 0.5) is 22.0 Å². The van der Waals surface area contributed by atoms with Crippen LogP contribution in [0.25, 0.3) is 0 Å². The van der Waals surface area contributed by atoms with Crippen molar-refractivity contribution in [3.8, 4) is 11.8 Å². The number of nitrogens with one attached hydrogen (secondary N) is 2. The third-order valence-corrected chi connectivity index (χ3v) is 9.91. The summed E-state index contributed by atoms with van der Waals surface area (Å²) in [5, 5.41) is 0. The molecule has 1 aliphatic carbocycles. The molecule has 2 aromatic rings. The number of rotatable bonds is 9. The van der Waals surface area contributed by atoms with E-state index in [1.165, 1.54) is 12.1 Å². The van der Waals surface area contributed by atoms with E-state index in [1.54, 1.807) is 6.07 Å². The van der Waals surface area contributed by atoms with Gasteiger partial charge < -0.3 is 5.43 Å². The van der Waals surface area contributed by atoms with Crippen LogP contribution in [0.3, 0.4) is 0 Å². The predicted octanol–water partition coefficient (Wildman–Crippen LogP) is 9.19. The maximum atomic E-state index is 15.5. The molecule has 242 valence electrons. The Hall–Kier alpha value is -2.94. The Kier molecular flexibility index (Phi) is 11.0. The molecule has 0 amide bonds. The van der Waals surface area contributed by atoms with E-state index in [2.05, 4.69) is 38.5 Å². The number of unbranched alkanes of at least 4 members (excludes halogenated alkanes) is 1. The first kappa shape index (κ1) is 34.9. The normalized spacial score (nSPS) is 23.7. The zero-order valence-electron chi connectivity index (χ0n) is 26.7. The van der Waals surface area contributed by atoms with E-state index >= 15 is 8.78 Å². The van der Waals surface area contributed by atoms with Gasteiger partial charge in [0.2, 0.25) is 0 Å². The molecule has 0 spiro atoms. The number of hydrazine groups is 1. The predicted molar refractivity (Wildman–Crippen MR) is 177 cm³/mol. The Labute approximate surface area is 267 Å². The van der Waals surface area contributed by atoms with E-state index in [4.69, 9.17) is 0 Å². The fourth-order valence-electron chi connectivity index (χ4n) is 6.73. The van der Waals surface area contributed by atoms with E-state index in [9.17, 15) is 13.2 Å². The molecular formula is C37H44F5N2P. The standard InChI is InChI=1S/C37H44F5N2P/c1-6-26-14-11-15-31(29(26)7-2)36(23-32(36)37(40,41)42)22-30-24(3)35(5,18-12-19-43-44-25(30)4)21-28-17-16-27(33(38)34(28)39)13-9-8-10-20-45/h11,14-17,23,43-44H,4,6-8,10,12,18-22,45H2,1-3,5H3/b30-24-. The van der Waals surface area contributed by atoms with Crippen LogP contribution in [0.1, 0.15) is 87.6 Å². The van der Waals surface area contributed by atoms with Crippen LogP contribution in [0.2, 0.25) is 0 Å². The van der Waals surface area contributed by atoms with Crippen molar-refractivity contribution in [3.63, 3.8) is 0 Å². The van der Waals surface area contributed by atoms with Crippen molar-refractivity contribution < 1.29 is 22.0 Å². The lowest BCUT2D eigenvalue weighted by Crippen LogP contribution is -2.33. The molecule has 3 atom stereocenters. The molecule has 1 aliphatic heterocycles. The highest BCUT2D eigenvalue weighted by Crippen LogP contribution is 2.60. The van der Waals surface area contributed by atoms with Crippen molar-refractivity contribution >= 4 is 9.24 Å². The molecule has 4 rings (SSSR count). The Balaban J connectivity index is 1.80. The lowest BCUT2D eigenvalue weighted by atomic mass is 9.69. The average molecular weight is 643 g/mol. The highest BCUT2D eigenvalue weighted by atomic mass is 31.0. The Morgan fingerprint density at radius 2 is 1.78 bits per heavy atom. The third kappa shape index (κ3) is 7.39. The second-order valence-electron chi connectivity index (χ2n) is 12.4. The van der Waals surface area contributed by atoms with Crippen LogP contribution < -0.4 is 10.9 Å². The summed E-state index contributed by atoms with van der Waals surface area (Å²) in [7, 11) is 2.62. The van der Waals surface area contributed by atoms with E-state index in [-0.39, 0.29) is 24.0 Å². The molecule has 2 N–H and O–H groups in total. The number of halogens is 5. The zero-order valence-corrected chi connectivity index (χ0v) is 27.9. The maximum absolute atomic E-state index is 15.5. The molecule has 0 bridgehead atoms. The Morgan fingerprint density at radius 3 is 2.42 bits per heavy atom. The molecule has 8 heteroatoms. The second kappa shape index (κ2) is 14.2. The van der Waals surface area contributed by atoms with Crippen molar-refractivity contribution in [2.75, 3.05) is 12.7 Å². The fraction of sp³-hybridized carbons (Fsp3) is 0.459. The summed E-state index contributed by atoms with van der Waals surface area (Å²) < 4.78 is 74.0. The van der Waals surface area contributed by atoms with E-state index in [0.29, 0.717) is 49.1 Å². The van der Waals surface area contributed by atoms with Gasteiger partial charge in [-0.05, 0) is 97.3 Å². The lowest BCUT2D eigenvalue weighted by molar-refractivity contribution is -0.0911. The van der Waals surface area contributed by atoms with E-state index < -0.39 is 34.2 Å². The van der Waals surface area contributed by atoms with Gasteiger partial charge >= 0.3 is 6.18 Å². The number of aryl methyl sites for hydroxylation is 1. The van der Waals surface area contributed by atoms with Gasteiger partial charge in [-0.15, -0.1) is 9.24 Å². The molecule has 0 fully saturated rings. The minimum atomic E-state index is -4.49. The molecule has 0 aromatic heterocycles. The quantitative estimate of drug-likeness (QED) is 0.0937. The average Bonchev–Trinajstić information content (AvgIpc) is 3.75. The minimum Gasteiger partial charge on any atom is -0.322 e. The van der Waals surface area contributed by atoms with Crippen molar-refractivity contribution in [1.82, 2.24) is 10.9 Å². The minimum absolute atomic E-state index is 0.0248. The SMILES string of the molecule is C=C1NNCCCC(C)(Cc2ccc(C#CCCCP)c(F)c2F)/C(C)=C\1CC1(c2cccc(CC)c2CC)C=C1C(F)(F)F. The monoisotopic (exact) mass is 642 g/mol. The molecule has 2 aromatic carbocycles. The third-order valence-electron chi connectivity index (χ3n) is 9.50. The van der Waals surface area contributed by atoms with Crippen LogP contribution in [-0.4, -0.2) is 18.9 Å². The van der Waals surface area contributed by atoms with Gasteiger partial charge in [-0.25, -0.2) is 14.2 Å². The summed E-state index contributed by atoms with van der Waals surface area (Å²) in [6.45, 7) is 12.7. The highest BCUT2D eigenvalue weighted by Gasteiger charge is 2.59. The first-order valence-corrected chi connectivity index (χ1v) is 16.6. The van der Waals surface area contributed by atoms with Gasteiger partial charge in [0.25, 0.3) is 0 Å². The number of alkyl halides is 3. The van der Waals surface area contributed by atoms with Crippen molar-refractivity contribution in [1.29, 1.82) is 0 Å². The lowest BCUT2D eigenvalue weighted by Gasteiger charge is -2.35. The first-order valence-electron chi connectivity index (χ1n) is 15.8. The zero-order chi connectivity index (χ0) is 33.0. The van der Waals surface area contributed by atoms with E-state index in [1.807, 2.05) is 45.9 Å². The molecule has 1 heterocycles. The van der Waals surface area contributed by atoms with Gasteiger partial charge in [-0.3, -0.25) is 0 Å². The fourth-order valence-corrected chi connectivity index (χ4v) is 6.93. The Bertz CT molecular complexity index is 1560. The van der Waals surface area contributed by atoms with E-state index in [0.717, 1.165) is 35.7 Å². The van der Waals surface area contributed by atoms with Crippen molar-refractivity contribution in [2.45, 2.75) is 90.7 Å². The molecular weight excluding hydrogens is 598 g/mol. The van der Waals surface area contributed by atoms with Gasteiger partial charge in [0.1, 0.15) is 0 Å². The van der Waals surface area contributed by atoms with Gasteiger partial charge in [-0.1, -0.05) is 75.1 Å². The summed E-state index contributed by atoms with van der Waals surface area (Å²) in [6, 6.07) is 8.74. The molecule has 3 unspecified atom stereocenters. The van der Waals surface area contributed by atoms with Crippen LogP contribution in [0.5, 0.6) is 0 Å². The van der Waals surface area contributed by atoms with Gasteiger partial charge in [0.05, 0.1) is 5.56 Å². The maximum Gasteiger partial charge on any atom is 0.413 e. The smallest absolute Gasteiger partial charge is 0.322 e. The number of allylic oxidation sites excluding steroid dienone is 4. The molecule has 2 aliphatic rings. The number of benzene rings is 2. The van der Waals surface area contributed by atoms with Crippen molar-refractivity contribution in [3.05, 3.63) is 105 Å². The summed E-state index contributed by atoms with van der Waals surface area (Å²) >= 11 is 0. The first-order chi connectivity index (χ1) is 21.3. The molecule has 0 saturated carbocycles. The molecule has 0 saturated heterocycles. The molecule has 45 heavy (non-hydrogen) atoms. The summed E-state index contributed by atoms with van der Waals surface area (Å²) in [6.07, 6.45) is 2.07. The van der Waals surface area contributed by atoms with Crippen LogP contribution in [-0.2, 0) is 24.7 Å². The van der Waals surface area contributed by atoms with Gasteiger partial charge in [0.15, 0.2) is 11.6 Å². The topological polar surface area (TPSA) is 24.1 Å². The van der Waals surface area contributed by atoms with Gasteiger partial charge in [0, 0.05) is 29.7 Å². The summed E-state index contributed by atoms with van der Waals surface area (Å²) in [5.41, 5.74) is 8.52. The molecule has 2 nitrogen and oxygen atoms in total. The summed E-state index contributed by atoms with van der Waals surface area (Å²) in [5.74, 6) is 3.76. The molecule has 0 radical (unpaired) electrons. The second-order valence-corrected chi connectivity index (χ2v) is 13.0. The summed E-state index contributed by atoms with van der Waals surface area (Å²) in [4.78, 5) is 0. The number of hydrogen-bond acceptors (Lipinski definition) is 2. The highest BCUT2D eigenvalue weighted by molar-refractivity contribution is 7.16. The van der Waals surface area contributed by atoms with Crippen LogP contribution in [0, 0.1) is 28.9 Å². The van der Waals surface area contributed by atoms with Crippen LogP contribution >= 0.6 is 9.24 Å². The van der Waals surface area contributed by atoms with Gasteiger partial charge in [-0.2, -0.15) is 13.2 Å². The largest absolute Gasteiger partial charge is 0.413 e. The number of hydrogen-bond donors (Lipinski definition) is 2.